The van der Waals surface area contributed by atoms with Crippen molar-refractivity contribution in [3.63, 3.8) is 0 Å². The number of nitrogens with one attached hydrogen (secondary N) is 1. The van der Waals surface area contributed by atoms with Crippen molar-refractivity contribution in [3.05, 3.63) is 22.3 Å². The molecule has 1 fully saturated rings. The third-order valence-corrected chi connectivity index (χ3v) is 4.80. The zero-order valence-electron chi connectivity index (χ0n) is 14.5. The van der Waals surface area contributed by atoms with Gasteiger partial charge in [-0.05, 0) is 60.8 Å². The maximum atomic E-state index is 12.4. The van der Waals surface area contributed by atoms with Crippen molar-refractivity contribution in [2.24, 2.45) is 0 Å². The van der Waals surface area contributed by atoms with Crippen LogP contribution < -0.4 is 10.2 Å². The molecule has 134 valence electrons. The molecule has 0 aliphatic carbocycles. The highest BCUT2D eigenvalue weighted by Crippen LogP contribution is 2.20. The van der Waals surface area contributed by atoms with Crippen molar-refractivity contribution in [2.75, 3.05) is 45.2 Å². The molecule has 1 aromatic heterocycles. The Bertz CT molecular complexity index is 553. The second-order valence-electron chi connectivity index (χ2n) is 6.40. The van der Waals surface area contributed by atoms with Gasteiger partial charge in [0.15, 0.2) is 0 Å². The molecular weight excluding hydrogens is 372 g/mol. The largest absolute Gasteiger partial charge is 0.395 e. The van der Waals surface area contributed by atoms with Crippen molar-refractivity contribution in [2.45, 2.75) is 31.7 Å². The lowest BCUT2D eigenvalue weighted by Crippen LogP contribution is -2.33. The molecule has 6 nitrogen and oxygen atoms in total. The number of amides is 1. The van der Waals surface area contributed by atoms with Gasteiger partial charge >= 0.3 is 0 Å². The van der Waals surface area contributed by atoms with E-state index in [9.17, 15) is 9.90 Å². The average molecular weight is 399 g/mol. The van der Waals surface area contributed by atoms with Crippen LogP contribution in [-0.4, -0.2) is 67.3 Å². The highest BCUT2D eigenvalue weighted by Gasteiger charge is 2.22. The van der Waals surface area contributed by atoms with Gasteiger partial charge in [-0.3, -0.25) is 9.69 Å². The number of halogens is 1. The number of unbranched alkanes of at least 4 members (excludes halogenated alkanes) is 1. The standard InChI is InChI=1S/C17H27BrN4O2/c1-21(2)16-15(10-13(18)11-20-16)17(24)19-7-3-4-8-22-9-5-6-14(22)12-23/h10-11,14,23H,3-9,12H2,1-2H3,(H,19,24). The van der Waals surface area contributed by atoms with E-state index in [0.29, 0.717) is 24.0 Å². The molecule has 1 aliphatic rings. The van der Waals surface area contributed by atoms with Crippen LogP contribution >= 0.6 is 15.9 Å². The van der Waals surface area contributed by atoms with Crippen LogP contribution in [0.5, 0.6) is 0 Å². The Morgan fingerprint density at radius 2 is 2.29 bits per heavy atom. The number of likely N-dealkylation sites (tertiary alicyclic amines) is 1. The number of carbonyl (C=O) groups excluding carboxylic acids is 1. The zero-order valence-corrected chi connectivity index (χ0v) is 16.0. The molecule has 2 rings (SSSR count). The summed E-state index contributed by atoms with van der Waals surface area (Å²) < 4.78 is 0.794. The van der Waals surface area contributed by atoms with Gasteiger partial charge in [-0.1, -0.05) is 0 Å². The van der Waals surface area contributed by atoms with Gasteiger partial charge in [-0.2, -0.15) is 0 Å². The topological polar surface area (TPSA) is 68.7 Å². The second kappa shape index (κ2) is 9.34. The van der Waals surface area contributed by atoms with Gasteiger partial charge in [0.1, 0.15) is 5.82 Å². The first kappa shape index (κ1) is 19.1. The molecule has 2 heterocycles. The van der Waals surface area contributed by atoms with Gasteiger partial charge in [0.05, 0.1) is 12.2 Å². The van der Waals surface area contributed by atoms with E-state index >= 15 is 0 Å². The third kappa shape index (κ3) is 5.16. The lowest BCUT2D eigenvalue weighted by Gasteiger charge is -2.22. The third-order valence-electron chi connectivity index (χ3n) is 4.37. The predicted octanol–water partition coefficient (Wildman–Crippen LogP) is 1.88. The van der Waals surface area contributed by atoms with Crippen molar-refractivity contribution >= 4 is 27.7 Å². The number of nitrogens with zero attached hydrogens (tertiary/aromatic N) is 3. The van der Waals surface area contributed by atoms with E-state index in [2.05, 4.69) is 31.1 Å². The SMILES string of the molecule is CN(C)c1ncc(Br)cc1C(=O)NCCCCN1CCCC1CO. The molecule has 0 bridgehead atoms. The maximum absolute atomic E-state index is 12.4. The monoisotopic (exact) mass is 398 g/mol. The molecule has 1 amide bonds. The second-order valence-corrected chi connectivity index (χ2v) is 7.31. The summed E-state index contributed by atoms with van der Waals surface area (Å²) in [6, 6.07) is 2.13. The van der Waals surface area contributed by atoms with Gasteiger partial charge in [0, 0.05) is 37.4 Å². The molecule has 1 atom stereocenters. The molecule has 1 aliphatic heterocycles. The van der Waals surface area contributed by atoms with Crippen molar-refractivity contribution < 1.29 is 9.90 Å². The Balaban J connectivity index is 1.76. The van der Waals surface area contributed by atoms with Gasteiger partial charge in [-0.25, -0.2) is 4.98 Å². The number of aliphatic hydroxyl groups is 1. The van der Waals surface area contributed by atoms with Crippen LogP contribution in [0.1, 0.15) is 36.0 Å². The van der Waals surface area contributed by atoms with E-state index in [1.165, 1.54) is 6.42 Å². The van der Waals surface area contributed by atoms with Gasteiger partial charge in [-0.15, -0.1) is 0 Å². The number of carbonyl (C=O) groups is 1. The number of pyridine rings is 1. The maximum Gasteiger partial charge on any atom is 0.255 e. The van der Waals surface area contributed by atoms with Crippen LogP contribution in [0.25, 0.3) is 0 Å². The van der Waals surface area contributed by atoms with E-state index in [4.69, 9.17) is 0 Å². The molecule has 1 saturated heterocycles. The molecule has 0 saturated carbocycles. The average Bonchev–Trinajstić information content (AvgIpc) is 3.01. The van der Waals surface area contributed by atoms with Crippen LogP contribution in [0.3, 0.4) is 0 Å². The smallest absolute Gasteiger partial charge is 0.255 e. The lowest BCUT2D eigenvalue weighted by molar-refractivity contribution is 0.0952. The van der Waals surface area contributed by atoms with Crippen LogP contribution in [-0.2, 0) is 0 Å². The number of hydrogen-bond acceptors (Lipinski definition) is 5. The molecule has 2 N–H and O–H groups in total. The summed E-state index contributed by atoms with van der Waals surface area (Å²) in [6.45, 7) is 2.96. The molecule has 24 heavy (non-hydrogen) atoms. The van der Waals surface area contributed by atoms with E-state index in [1.807, 2.05) is 19.0 Å². The van der Waals surface area contributed by atoms with E-state index in [-0.39, 0.29) is 12.5 Å². The fraction of sp³-hybridized carbons (Fsp3) is 0.647. The Morgan fingerprint density at radius 1 is 1.50 bits per heavy atom. The summed E-state index contributed by atoms with van der Waals surface area (Å²) in [4.78, 5) is 20.9. The first-order valence-electron chi connectivity index (χ1n) is 8.49. The summed E-state index contributed by atoms with van der Waals surface area (Å²) in [5.74, 6) is 0.570. The predicted molar refractivity (Wildman–Crippen MR) is 99.5 cm³/mol. The number of rotatable bonds is 8. The summed E-state index contributed by atoms with van der Waals surface area (Å²) in [5, 5.41) is 12.3. The quantitative estimate of drug-likeness (QED) is 0.654. The van der Waals surface area contributed by atoms with Gasteiger partial charge in [0.25, 0.3) is 5.91 Å². The van der Waals surface area contributed by atoms with Gasteiger partial charge in [0.2, 0.25) is 0 Å². The lowest BCUT2D eigenvalue weighted by atomic mass is 10.2. The minimum atomic E-state index is -0.0955. The van der Waals surface area contributed by atoms with Gasteiger partial charge < -0.3 is 15.3 Å². The van der Waals surface area contributed by atoms with E-state index in [0.717, 1.165) is 36.8 Å². The fourth-order valence-corrected chi connectivity index (χ4v) is 3.42. The normalized spacial score (nSPS) is 17.9. The van der Waals surface area contributed by atoms with Crippen molar-refractivity contribution in [1.82, 2.24) is 15.2 Å². The Kier molecular flexibility index (Phi) is 7.45. The molecular formula is C17H27BrN4O2. The molecule has 7 heteroatoms. The Morgan fingerprint density at radius 3 is 3.00 bits per heavy atom. The minimum Gasteiger partial charge on any atom is -0.395 e. The zero-order chi connectivity index (χ0) is 17.5. The van der Waals surface area contributed by atoms with E-state index in [1.54, 1.807) is 12.3 Å². The minimum absolute atomic E-state index is 0.0955. The van der Waals surface area contributed by atoms with Crippen molar-refractivity contribution in [3.8, 4) is 0 Å². The highest BCUT2D eigenvalue weighted by atomic mass is 79.9. The molecule has 0 aromatic carbocycles. The summed E-state index contributed by atoms with van der Waals surface area (Å²) in [7, 11) is 3.75. The first-order valence-corrected chi connectivity index (χ1v) is 9.28. The van der Waals surface area contributed by atoms with E-state index < -0.39 is 0 Å². The number of aliphatic hydroxyl groups excluding tert-OH is 1. The van der Waals surface area contributed by atoms with Crippen molar-refractivity contribution in [1.29, 1.82) is 0 Å². The van der Waals surface area contributed by atoms with Crippen LogP contribution in [0.4, 0.5) is 5.82 Å². The number of aromatic nitrogens is 1. The summed E-state index contributed by atoms with van der Waals surface area (Å²) in [5.41, 5.74) is 0.578. The molecule has 1 unspecified atom stereocenters. The fourth-order valence-electron chi connectivity index (χ4n) is 3.09. The molecule has 1 aromatic rings. The summed E-state index contributed by atoms with van der Waals surface area (Å²) in [6.07, 6.45) is 5.91. The Labute approximate surface area is 152 Å². The highest BCUT2D eigenvalue weighted by molar-refractivity contribution is 9.10. The number of anilines is 1. The summed E-state index contributed by atoms with van der Waals surface area (Å²) >= 11 is 3.37. The number of hydrogen-bond donors (Lipinski definition) is 2. The van der Waals surface area contributed by atoms with Crippen LogP contribution in [0, 0.1) is 0 Å². The van der Waals surface area contributed by atoms with Crippen LogP contribution in [0.2, 0.25) is 0 Å². The molecule has 0 radical (unpaired) electrons. The van der Waals surface area contributed by atoms with Crippen LogP contribution in [0.15, 0.2) is 16.7 Å². The Hall–Kier alpha value is -1.18. The first-order chi connectivity index (χ1) is 11.5. The molecule has 0 spiro atoms.